The van der Waals surface area contributed by atoms with Crippen LogP contribution in [0.2, 0.25) is 0 Å². The highest BCUT2D eigenvalue weighted by molar-refractivity contribution is 5.94. The molecule has 0 aliphatic carbocycles. The lowest BCUT2D eigenvalue weighted by molar-refractivity contribution is 0.0745. The molecule has 1 amide bonds. The van der Waals surface area contributed by atoms with Crippen molar-refractivity contribution in [3.05, 3.63) is 17.8 Å². The van der Waals surface area contributed by atoms with Gasteiger partial charge in [0, 0.05) is 25.7 Å². The number of anilines is 1. The molecule has 1 aliphatic rings. The summed E-state index contributed by atoms with van der Waals surface area (Å²) in [5.74, 6) is 0.891. The van der Waals surface area contributed by atoms with Crippen molar-refractivity contribution in [3.63, 3.8) is 0 Å². The highest BCUT2D eigenvalue weighted by atomic mass is 16.2. The fourth-order valence-electron chi connectivity index (χ4n) is 4.51. The third-order valence-corrected chi connectivity index (χ3v) is 6.38. The van der Waals surface area contributed by atoms with Gasteiger partial charge in [-0.15, -0.1) is 0 Å². The van der Waals surface area contributed by atoms with Crippen LogP contribution in [0, 0.1) is 0 Å². The normalized spacial score (nSPS) is 14.4. The molecule has 0 spiro atoms. The molecule has 1 N–H and O–H groups in total. The van der Waals surface area contributed by atoms with E-state index in [9.17, 15) is 4.79 Å². The lowest BCUT2D eigenvalue weighted by Crippen LogP contribution is -2.33. The van der Waals surface area contributed by atoms with E-state index in [1.165, 1.54) is 32.4 Å². The number of nitrogens with zero attached hydrogens (tertiary/aromatic N) is 5. The number of aromatic nitrogens is 3. The predicted molar refractivity (Wildman–Crippen MR) is 144 cm³/mol. The maximum atomic E-state index is 13.3. The molecular formula is C27H48N6O. The van der Waals surface area contributed by atoms with Crippen LogP contribution in [0.25, 0.3) is 11.2 Å². The largest absolute Gasteiger partial charge is 0.353 e. The average Bonchev–Trinajstić information content (AvgIpc) is 3.15. The molecule has 34 heavy (non-hydrogen) atoms. The zero-order valence-corrected chi connectivity index (χ0v) is 21.3. The number of fused-ring (bicyclic) bond motifs is 1. The molecule has 3 rings (SSSR count). The molecule has 1 fully saturated rings. The van der Waals surface area contributed by atoms with E-state index in [1.807, 2.05) is 17.0 Å². The van der Waals surface area contributed by atoms with Crippen LogP contribution in [-0.2, 0) is 6.54 Å². The van der Waals surface area contributed by atoms with Crippen molar-refractivity contribution in [2.75, 3.05) is 38.0 Å². The number of rotatable bonds is 13. The van der Waals surface area contributed by atoms with E-state index >= 15 is 0 Å². The number of pyridine rings is 1. The van der Waals surface area contributed by atoms with Crippen LogP contribution in [0.1, 0.15) is 97.0 Å². The van der Waals surface area contributed by atoms with Gasteiger partial charge in [-0.05, 0) is 77.7 Å². The Labute approximate surface area is 207 Å². The van der Waals surface area contributed by atoms with Gasteiger partial charge >= 0.3 is 0 Å². The minimum atomic E-state index is 0. The second-order valence-electron chi connectivity index (χ2n) is 9.68. The first-order chi connectivity index (χ1) is 16.0. The zero-order chi connectivity index (χ0) is 23.6. The van der Waals surface area contributed by atoms with Crippen molar-refractivity contribution in [3.8, 4) is 0 Å². The Hall–Kier alpha value is -2.15. The van der Waals surface area contributed by atoms with Gasteiger partial charge in [-0.25, -0.2) is 9.97 Å². The molecule has 2 aromatic heterocycles. The number of unbranched alkanes of at least 4 members (excludes halogenated alkanes) is 2. The van der Waals surface area contributed by atoms with Crippen LogP contribution in [-0.4, -0.2) is 69.0 Å². The number of amides is 1. The highest BCUT2D eigenvalue weighted by Crippen LogP contribution is 2.21. The van der Waals surface area contributed by atoms with Crippen molar-refractivity contribution in [1.29, 1.82) is 0 Å². The van der Waals surface area contributed by atoms with E-state index in [0.29, 0.717) is 5.69 Å². The molecule has 2 aromatic rings. The third-order valence-electron chi connectivity index (χ3n) is 6.38. The summed E-state index contributed by atoms with van der Waals surface area (Å²) in [6.45, 7) is 14.5. The number of carbonyl (C=O) groups is 1. The van der Waals surface area contributed by atoms with E-state index in [1.54, 1.807) is 0 Å². The Morgan fingerprint density at radius 2 is 1.68 bits per heavy atom. The van der Waals surface area contributed by atoms with E-state index in [-0.39, 0.29) is 19.4 Å². The Morgan fingerprint density at radius 1 is 1.00 bits per heavy atom. The summed E-state index contributed by atoms with van der Waals surface area (Å²) < 4.78 is 2.18. The summed E-state index contributed by atoms with van der Waals surface area (Å²) in [5, 5.41) is 3.48. The Kier molecular flexibility index (Phi) is 11.8. The summed E-state index contributed by atoms with van der Waals surface area (Å²) >= 11 is 0. The topological polar surface area (TPSA) is 66.3 Å². The number of hydrogen-bond donors (Lipinski definition) is 1. The van der Waals surface area contributed by atoms with Crippen molar-refractivity contribution in [2.45, 2.75) is 99.1 Å². The van der Waals surface area contributed by atoms with Crippen LogP contribution >= 0.6 is 0 Å². The molecule has 0 saturated carbocycles. The average molecular weight is 473 g/mol. The molecule has 0 radical (unpaired) electrons. The van der Waals surface area contributed by atoms with Gasteiger partial charge in [0.25, 0.3) is 5.91 Å². The molecule has 192 valence electrons. The van der Waals surface area contributed by atoms with E-state index in [2.05, 4.69) is 42.5 Å². The van der Waals surface area contributed by atoms with Gasteiger partial charge in [0.2, 0.25) is 5.95 Å². The predicted octanol–water partition coefficient (Wildman–Crippen LogP) is 5.81. The second-order valence-corrected chi connectivity index (χ2v) is 9.68. The van der Waals surface area contributed by atoms with Crippen molar-refractivity contribution >= 4 is 23.0 Å². The molecule has 0 atom stereocenters. The smallest absolute Gasteiger partial charge is 0.272 e. The number of piperidine rings is 1. The Balaban J connectivity index is 0.00000408. The SMILES string of the molecule is C.CCCCN(CCCC)C(=O)c1ccc2nc(NC(C)C)n(CCCN3CCCCC3)c2n1. The van der Waals surface area contributed by atoms with Crippen LogP contribution < -0.4 is 5.32 Å². The molecule has 7 heteroatoms. The first-order valence-electron chi connectivity index (χ1n) is 13.2. The Morgan fingerprint density at radius 3 is 2.29 bits per heavy atom. The molecular weight excluding hydrogens is 424 g/mol. The maximum absolute atomic E-state index is 13.3. The molecule has 0 aromatic carbocycles. The fourth-order valence-corrected chi connectivity index (χ4v) is 4.51. The molecule has 0 unspecified atom stereocenters. The second kappa shape index (κ2) is 14.3. The number of likely N-dealkylation sites (tertiary alicyclic amines) is 1. The van der Waals surface area contributed by atoms with Crippen LogP contribution in [0.5, 0.6) is 0 Å². The lowest BCUT2D eigenvalue weighted by atomic mass is 10.1. The molecule has 1 saturated heterocycles. The van der Waals surface area contributed by atoms with Gasteiger partial charge in [0.05, 0.1) is 0 Å². The van der Waals surface area contributed by atoms with Crippen LogP contribution in [0.3, 0.4) is 0 Å². The van der Waals surface area contributed by atoms with Gasteiger partial charge in [-0.1, -0.05) is 40.5 Å². The van der Waals surface area contributed by atoms with E-state index in [4.69, 9.17) is 9.97 Å². The van der Waals surface area contributed by atoms with Gasteiger partial charge in [-0.2, -0.15) is 0 Å². The standard InChI is InChI=1S/C26H44N6O.CH4/c1-5-7-18-31(19-8-6-2)25(33)23-14-13-22-24(28-23)32(26(29-22)27-21(3)4)20-12-17-30-15-10-9-11-16-30;/h13-14,21H,5-12,15-20H2,1-4H3,(H,27,29);1H4. The number of aryl methyl sites for hydroxylation is 1. The minimum absolute atomic E-state index is 0. The summed E-state index contributed by atoms with van der Waals surface area (Å²) in [6, 6.07) is 4.09. The quantitative estimate of drug-likeness (QED) is 0.399. The number of carbonyl (C=O) groups excluding carboxylic acids is 1. The highest BCUT2D eigenvalue weighted by Gasteiger charge is 2.20. The Bertz CT molecular complexity index is 863. The number of nitrogens with one attached hydrogen (secondary N) is 1. The zero-order valence-electron chi connectivity index (χ0n) is 21.3. The molecule has 1 aliphatic heterocycles. The monoisotopic (exact) mass is 472 g/mol. The maximum Gasteiger partial charge on any atom is 0.272 e. The van der Waals surface area contributed by atoms with Crippen molar-refractivity contribution < 1.29 is 4.79 Å². The first kappa shape index (κ1) is 28.1. The van der Waals surface area contributed by atoms with Gasteiger partial charge in [0.1, 0.15) is 11.2 Å². The van der Waals surface area contributed by atoms with Crippen molar-refractivity contribution in [1.82, 2.24) is 24.3 Å². The molecule has 3 heterocycles. The number of imidazole rings is 1. The van der Waals surface area contributed by atoms with Crippen LogP contribution in [0.15, 0.2) is 12.1 Å². The first-order valence-corrected chi connectivity index (χ1v) is 13.2. The summed E-state index contributed by atoms with van der Waals surface area (Å²) in [4.78, 5) is 27.5. The number of hydrogen-bond acceptors (Lipinski definition) is 5. The van der Waals surface area contributed by atoms with Gasteiger partial charge in [0.15, 0.2) is 5.65 Å². The van der Waals surface area contributed by atoms with E-state index < -0.39 is 0 Å². The van der Waals surface area contributed by atoms with Crippen molar-refractivity contribution in [2.24, 2.45) is 0 Å². The minimum Gasteiger partial charge on any atom is -0.353 e. The summed E-state index contributed by atoms with van der Waals surface area (Å²) in [6.07, 6.45) is 9.24. The molecule has 7 nitrogen and oxygen atoms in total. The summed E-state index contributed by atoms with van der Waals surface area (Å²) in [5.41, 5.74) is 2.19. The van der Waals surface area contributed by atoms with E-state index in [0.717, 1.165) is 75.4 Å². The molecule has 0 bridgehead atoms. The van der Waals surface area contributed by atoms with Gasteiger partial charge in [-0.3, -0.25) is 9.36 Å². The van der Waals surface area contributed by atoms with Gasteiger partial charge < -0.3 is 15.1 Å². The fraction of sp³-hybridized carbons (Fsp3) is 0.741. The van der Waals surface area contributed by atoms with Crippen LogP contribution in [0.4, 0.5) is 5.95 Å². The third kappa shape index (κ3) is 7.69. The lowest BCUT2D eigenvalue weighted by Gasteiger charge is -2.26. The summed E-state index contributed by atoms with van der Waals surface area (Å²) in [7, 11) is 0.